The van der Waals surface area contributed by atoms with Gasteiger partial charge in [-0.05, 0) is 24.3 Å². The molecule has 3 rings (SSSR count). The van der Waals surface area contributed by atoms with E-state index < -0.39 is 0 Å². The number of hydrogen-bond donors (Lipinski definition) is 0. The lowest BCUT2D eigenvalue weighted by molar-refractivity contribution is 0.0998. The van der Waals surface area contributed by atoms with Gasteiger partial charge in [0.1, 0.15) is 0 Å². The molecule has 0 fully saturated rings. The first-order valence-corrected chi connectivity index (χ1v) is 6.76. The molecule has 1 amide bonds. The van der Waals surface area contributed by atoms with Gasteiger partial charge < -0.3 is 4.57 Å². The molecule has 0 aliphatic rings. The highest BCUT2D eigenvalue weighted by Gasteiger charge is 2.05. The molecule has 0 radical (unpaired) electrons. The Bertz CT molecular complexity index is 800. The summed E-state index contributed by atoms with van der Waals surface area (Å²) in [4.78, 5) is 17.0. The standard InChI is InChI=1S/C15H12N2OS/c1-17-12-9-5-6-10-13(12)19-15(17)16-14(18)11-7-3-2-4-8-11/h2-10H,1H3. The molecule has 3 aromatic rings. The molecular formula is C15H12N2OS. The lowest BCUT2D eigenvalue weighted by atomic mass is 10.2. The predicted molar refractivity (Wildman–Crippen MR) is 77.1 cm³/mol. The van der Waals surface area contributed by atoms with Crippen molar-refractivity contribution in [2.24, 2.45) is 12.0 Å². The Kier molecular flexibility index (Phi) is 3.01. The molecule has 3 nitrogen and oxygen atoms in total. The van der Waals surface area contributed by atoms with Crippen LogP contribution in [-0.2, 0) is 7.05 Å². The number of benzene rings is 2. The van der Waals surface area contributed by atoms with Gasteiger partial charge in [0.25, 0.3) is 5.91 Å². The van der Waals surface area contributed by atoms with Crippen molar-refractivity contribution in [2.45, 2.75) is 0 Å². The van der Waals surface area contributed by atoms with Crippen molar-refractivity contribution in [3.63, 3.8) is 0 Å². The topological polar surface area (TPSA) is 34.4 Å². The van der Waals surface area contributed by atoms with Crippen molar-refractivity contribution in [3.8, 4) is 0 Å². The largest absolute Gasteiger partial charge is 0.319 e. The first-order chi connectivity index (χ1) is 9.25. The lowest BCUT2D eigenvalue weighted by Crippen LogP contribution is -2.13. The van der Waals surface area contributed by atoms with Crippen LogP contribution in [-0.4, -0.2) is 10.5 Å². The Labute approximate surface area is 114 Å². The normalized spacial score (nSPS) is 11.9. The van der Waals surface area contributed by atoms with Gasteiger partial charge in [-0.15, -0.1) is 0 Å². The van der Waals surface area contributed by atoms with Gasteiger partial charge in [0.2, 0.25) is 0 Å². The Hall–Kier alpha value is -2.20. The molecule has 1 heterocycles. The molecule has 0 aliphatic heterocycles. The first-order valence-electron chi connectivity index (χ1n) is 5.94. The van der Waals surface area contributed by atoms with Crippen molar-refractivity contribution < 1.29 is 4.79 Å². The molecule has 2 aromatic carbocycles. The maximum absolute atomic E-state index is 12.1. The zero-order chi connectivity index (χ0) is 13.2. The van der Waals surface area contributed by atoms with Crippen molar-refractivity contribution in [3.05, 3.63) is 65.0 Å². The first kappa shape index (κ1) is 11.9. The fourth-order valence-electron chi connectivity index (χ4n) is 1.92. The highest BCUT2D eigenvalue weighted by Crippen LogP contribution is 2.15. The second kappa shape index (κ2) is 4.82. The molecule has 4 heteroatoms. The third-order valence-electron chi connectivity index (χ3n) is 2.93. The van der Waals surface area contributed by atoms with Crippen LogP contribution < -0.4 is 4.80 Å². The van der Waals surface area contributed by atoms with E-state index in [1.54, 1.807) is 12.1 Å². The second-order valence-electron chi connectivity index (χ2n) is 4.19. The third-order valence-corrected chi connectivity index (χ3v) is 4.05. The van der Waals surface area contributed by atoms with E-state index in [1.165, 1.54) is 11.3 Å². The molecule has 0 N–H and O–H groups in total. The number of aryl methyl sites for hydroxylation is 1. The van der Waals surface area contributed by atoms with Crippen LogP contribution in [0.2, 0.25) is 0 Å². The van der Waals surface area contributed by atoms with Crippen molar-refractivity contribution in [1.29, 1.82) is 0 Å². The minimum Gasteiger partial charge on any atom is -0.319 e. The monoisotopic (exact) mass is 268 g/mol. The number of nitrogens with zero attached hydrogens (tertiary/aromatic N) is 2. The van der Waals surface area contributed by atoms with Crippen molar-refractivity contribution in [2.75, 3.05) is 0 Å². The highest BCUT2D eigenvalue weighted by molar-refractivity contribution is 7.16. The van der Waals surface area contributed by atoms with Gasteiger partial charge in [0, 0.05) is 12.6 Å². The fourth-order valence-corrected chi connectivity index (χ4v) is 2.94. The average Bonchev–Trinajstić information content (AvgIpc) is 2.77. The number of fused-ring (bicyclic) bond motifs is 1. The van der Waals surface area contributed by atoms with E-state index in [0.717, 1.165) is 15.0 Å². The summed E-state index contributed by atoms with van der Waals surface area (Å²) < 4.78 is 3.07. The molecule has 0 bridgehead atoms. The van der Waals surface area contributed by atoms with Crippen LogP contribution in [0.3, 0.4) is 0 Å². The minimum atomic E-state index is -0.206. The van der Waals surface area contributed by atoms with E-state index in [4.69, 9.17) is 0 Å². The SMILES string of the molecule is Cn1c(=NC(=O)c2ccccc2)sc2ccccc21. The molecule has 94 valence electrons. The van der Waals surface area contributed by atoms with E-state index in [2.05, 4.69) is 4.99 Å². The lowest BCUT2D eigenvalue weighted by Gasteiger charge is -1.95. The number of amides is 1. The molecular weight excluding hydrogens is 256 g/mol. The number of rotatable bonds is 1. The highest BCUT2D eigenvalue weighted by atomic mass is 32.1. The molecule has 0 saturated carbocycles. The molecule has 1 aromatic heterocycles. The number of hydrogen-bond acceptors (Lipinski definition) is 2. The molecule has 0 unspecified atom stereocenters. The summed E-state index contributed by atoms with van der Waals surface area (Å²) >= 11 is 1.52. The van der Waals surface area contributed by atoms with Gasteiger partial charge in [-0.1, -0.05) is 41.7 Å². The Morgan fingerprint density at radius 3 is 2.47 bits per heavy atom. The smallest absolute Gasteiger partial charge is 0.279 e. The number of para-hydroxylation sites is 1. The van der Waals surface area contributed by atoms with Crippen molar-refractivity contribution >= 4 is 27.5 Å². The second-order valence-corrected chi connectivity index (χ2v) is 5.20. The number of carbonyl (C=O) groups excluding carboxylic acids is 1. The Morgan fingerprint density at radius 1 is 1.05 bits per heavy atom. The van der Waals surface area contributed by atoms with E-state index in [1.807, 2.05) is 54.1 Å². The number of thiazole rings is 1. The molecule has 0 spiro atoms. The predicted octanol–water partition coefficient (Wildman–Crippen LogP) is 2.98. The van der Waals surface area contributed by atoms with Gasteiger partial charge in [-0.3, -0.25) is 4.79 Å². The zero-order valence-corrected chi connectivity index (χ0v) is 11.2. The van der Waals surface area contributed by atoms with Gasteiger partial charge in [-0.25, -0.2) is 0 Å². The van der Waals surface area contributed by atoms with Crippen LogP contribution in [0.5, 0.6) is 0 Å². The fraction of sp³-hybridized carbons (Fsp3) is 0.0667. The van der Waals surface area contributed by atoms with Crippen molar-refractivity contribution in [1.82, 2.24) is 4.57 Å². The van der Waals surface area contributed by atoms with E-state index >= 15 is 0 Å². The molecule has 19 heavy (non-hydrogen) atoms. The van der Waals surface area contributed by atoms with Crippen LogP contribution in [0.1, 0.15) is 10.4 Å². The summed E-state index contributed by atoms with van der Waals surface area (Å²) in [5.41, 5.74) is 1.70. The molecule has 0 saturated heterocycles. The Morgan fingerprint density at radius 2 is 1.74 bits per heavy atom. The summed E-state index contributed by atoms with van der Waals surface area (Å²) in [6, 6.07) is 17.2. The van der Waals surface area contributed by atoms with Gasteiger partial charge in [0.15, 0.2) is 4.80 Å². The van der Waals surface area contributed by atoms with E-state index in [0.29, 0.717) is 5.56 Å². The van der Waals surface area contributed by atoms with Crippen LogP contribution in [0.25, 0.3) is 10.2 Å². The maximum atomic E-state index is 12.1. The summed E-state index contributed by atoms with van der Waals surface area (Å²) in [6.07, 6.45) is 0. The molecule has 0 aliphatic carbocycles. The van der Waals surface area contributed by atoms with E-state index in [9.17, 15) is 4.79 Å². The van der Waals surface area contributed by atoms with Gasteiger partial charge in [-0.2, -0.15) is 4.99 Å². The zero-order valence-electron chi connectivity index (χ0n) is 10.4. The minimum absolute atomic E-state index is 0.206. The summed E-state index contributed by atoms with van der Waals surface area (Å²) in [6.45, 7) is 0. The average molecular weight is 268 g/mol. The summed E-state index contributed by atoms with van der Waals surface area (Å²) in [5.74, 6) is -0.206. The van der Waals surface area contributed by atoms with E-state index in [-0.39, 0.29) is 5.91 Å². The van der Waals surface area contributed by atoms with Crippen LogP contribution in [0.15, 0.2) is 59.6 Å². The molecule has 0 atom stereocenters. The Balaban J connectivity index is 2.12. The van der Waals surface area contributed by atoms with Crippen LogP contribution >= 0.6 is 11.3 Å². The summed E-state index contributed by atoms with van der Waals surface area (Å²) in [5, 5.41) is 0. The van der Waals surface area contributed by atoms with Gasteiger partial charge >= 0.3 is 0 Å². The summed E-state index contributed by atoms with van der Waals surface area (Å²) in [7, 11) is 1.93. The van der Waals surface area contributed by atoms with Gasteiger partial charge in [0.05, 0.1) is 10.2 Å². The van der Waals surface area contributed by atoms with Crippen LogP contribution in [0, 0.1) is 0 Å². The maximum Gasteiger partial charge on any atom is 0.279 e. The van der Waals surface area contributed by atoms with Crippen LogP contribution in [0.4, 0.5) is 0 Å². The number of aromatic nitrogens is 1. The number of carbonyl (C=O) groups is 1. The third kappa shape index (κ3) is 2.22. The quantitative estimate of drug-likeness (QED) is 0.668.